The molecule has 0 aliphatic carbocycles. The zero-order chi connectivity index (χ0) is 19.9. The smallest absolute Gasteiger partial charge is 0.261 e. The van der Waals surface area contributed by atoms with Crippen molar-refractivity contribution in [2.75, 3.05) is 13.2 Å². The van der Waals surface area contributed by atoms with Crippen molar-refractivity contribution >= 4 is 5.91 Å². The van der Waals surface area contributed by atoms with E-state index in [9.17, 15) is 4.79 Å². The topological polar surface area (TPSA) is 68.5 Å². The van der Waals surface area contributed by atoms with Gasteiger partial charge in [-0.3, -0.25) is 4.79 Å². The lowest BCUT2D eigenvalue weighted by atomic mass is 10.1. The second kappa shape index (κ2) is 8.99. The molecule has 1 heterocycles. The molecular formula is C22H23N3O3. The van der Waals surface area contributed by atoms with E-state index in [2.05, 4.69) is 16.7 Å². The molecular weight excluding hydrogens is 354 g/mol. The predicted octanol–water partition coefficient (Wildman–Crippen LogP) is 3.95. The molecule has 0 aliphatic heterocycles. The fourth-order valence-electron chi connectivity index (χ4n) is 2.58. The highest BCUT2D eigenvalue weighted by Gasteiger charge is 2.18. The van der Waals surface area contributed by atoms with E-state index in [-0.39, 0.29) is 19.1 Å². The summed E-state index contributed by atoms with van der Waals surface area (Å²) in [4.78, 5) is 18.5. The molecule has 0 aliphatic rings. The number of benzene rings is 2. The lowest BCUT2D eigenvalue weighted by molar-refractivity contribution is -0.133. The van der Waals surface area contributed by atoms with Crippen LogP contribution in [-0.2, 0) is 11.3 Å². The molecule has 0 atom stereocenters. The third-order valence-electron chi connectivity index (χ3n) is 4.19. The molecule has 3 rings (SSSR count). The van der Waals surface area contributed by atoms with Crippen LogP contribution < -0.4 is 4.74 Å². The predicted molar refractivity (Wildman–Crippen MR) is 107 cm³/mol. The average Bonchev–Trinajstić information content (AvgIpc) is 3.16. The first kappa shape index (κ1) is 19.4. The minimum atomic E-state index is -0.185. The van der Waals surface area contributed by atoms with Crippen LogP contribution in [0.5, 0.6) is 5.75 Å². The van der Waals surface area contributed by atoms with Crippen LogP contribution in [0.2, 0.25) is 0 Å². The van der Waals surface area contributed by atoms with Gasteiger partial charge in [-0.25, -0.2) is 0 Å². The van der Waals surface area contributed by atoms with Crippen LogP contribution in [0, 0.1) is 13.8 Å². The van der Waals surface area contributed by atoms with Gasteiger partial charge in [0.2, 0.25) is 11.7 Å². The molecule has 0 fully saturated rings. The first-order valence-corrected chi connectivity index (χ1v) is 9.03. The maximum Gasteiger partial charge on any atom is 0.261 e. The van der Waals surface area contributed by atoms with Gasteiger partial charge in [0.15, 0.2) is 6.61 Å². The van der Waals surface area contributed by atoms with Crippen LogP contribution in [-0.4, -0.2) is 34.1 Å². The van der Waals surface area contributed by atoms with Gasteiger partial charge in [0, 0.05) is 12.1 Å². The number of carbonyl (C=O) groups excluding carboxylic acids is 1. The Balaban J connectivity index is 1.63. The standard InChI is InChI=1S/C22H23N3O3/c1-4-13-25(21(26)15-27-19-11-7-17(3)8-12-19)14-20-23-22(24-28-20)18-9-5-16(2)6-10-18/h4-12H,1,13-15H2,2-3H3. The van der Waals surface area contributed by atoms with Gasteiger partial charge >= 0.3 is 0 Å². The zero-order valence-electron chi connectivity index (χ0n) is 16.1. The van der Waals surface area contributed by atoms with Crippen LogP contribution in [0.15, 0.2) is 65.7 Å². The largest absolute Gasteiger partial charge is 0.484 e. The number of rotatable bonds is 8. The molecule has 0 saturated heterocycles. The van der Waals surface area contributed by atoms with Crippen LogP contribution in [0.3, 0.4) is 0 Å². The quantitative estimate of drug-likeness (QED) is 0.556. The van der Waals surface area contributed by atoms with Crippen LogP contribution >= 0.6 is 0 Å². The Labute approximate surface area is 164 Å². The van der Waals surface area contributed by atoms with E-state index >= 15 is 0 Å². The van der Waals surface area contributed by atoms with E-state index < -0.39 is 0 Å². The van der Waals surface area contributed by atoms with E-state index in [0.717, 1.165) is 16.7 Å². The Morgan fingerprint density at radius 2 is 1.75 bits per heavy atom. The van der Waals surface area contributed by atoms with Crippen LogP contribution in [0.1, 0.15) is 17.0 Å². The lowest BCUT2D eigenvalue weighted by Gasteiger charge is -2.19. The number of aromatic nitrogens is 2. The fraction of sp³-hybridized carbons (Fsp3) is 0.227. The van der Waals surface area contributed by atoms with E-state index in [1.165, 1.54) is 0 Å². The first-order valence-electron chi connectivity index (χ1n) is 9.03. The van der Waals surface area contributed by atoms with Crippen molar-refractivity contribution in [3.63, 3.8) is 0 Å². The lowest BCUT2D eigenvalue weighted by Crippen LogP contribution is -2.34. The van der Waals surface area contributed by atoms with Gasteiger partial charge in [-0.15, -0.1) is 6.58 Å². The van der Waals surface area contributed by atoms with Crippen molar-refractivity contribution in [1.82, 2.24) is 15.0 Å². The van der Waals surface area contributed by atoms with Gasteiger partial charge in [-0.2, -0.15) is 4.98 Å². The monoisotopic (exact) mass is 377 g/mol. The van der Waals surface area contributed by atoms with Crippen molar-refractivity contribution in [1.29, 1.82) is 0 Å². The highest BCUT2D eigenvalue weighted by atomic mass is 16.5. The molecule has 28 heavy (non-hydrogen) atoms. The van der Waals surface area contributed by atoms with Gasteiger partial charge < -0.3 is 14.2 Å². The number of ether oxygens (including phenoxy) is 1. The molecule has 3 aromatic rings. The number of hydrogen-bond donors (Lipinski definition) is 0. The maximum absolute atomic E-state index is 12.6. The minimum Gasteiger partial charge on any atom is -0.484 e. The van der Waals surface area contributed by atoms with Crippen molar-refractivity contribution < 1.29 is 14.1 Å². The van der Waals surface area contributed by atoms with Crippen molar-refractivity contribution in [2.24, 2.45) is 0 Å². The van der Waals surface area contributed by atoms with E-state index in [0.29, 0.717) is 24.0 Å². The van der Waals surface area contributed by atoms with Gasteiger partial charge in [0.1, 0.15) is 12.3 Å². The molecule has 0 N–H and O–H groups in total. The average molecular weight is 377 g/mol. The minimum absolute atomic E-state index is 0.0736. The molecule has 6 nitrogen and oxygen atoms in total. The summed E-state index contributed by atoms with van der Waals surface area (Å²) in [6.07, 6.45) is 1.65. The number of amides is 1. The van der Waals surface area contributed by atoms with Crippen molar-refractivity contribution in [2.45, 2.75) is 20.4 Å². The molecule has 2 aromatic carbocycles. The van der Waals surface area contributed by atoms with Crippen molar-refractivity contribution in [3.8, 4) is 17.1 Å². The third kappa shape index (κ3) is 5.07. The first-order chi connectivity index (χ1) is 13.5. The summed E-state index contributed by atoms with van der Waals surface area (Å²) in [6, 6.07) is 15.4. The highest BCUT2D eigenvalue weighted by molar-refractivity contribution is 5.77. The Bertz CT molecular complexity index is 930. The van der Waals surface area contributed by atoms with E-state index in [4.69, 9.17) is 9.26 Å². The highest BCUT2D eigenvalue weighted by Crippen LogP contribution is 2.17. The molecule has 6 heteroatoms. The van der Waals surface area contributed by atoms with Crippen LogP contribution in [0.4, 0.5) is 0 Å². The van der Waals surface area contributed by atoms with Gasteiger partial charge in [-0.05, 0) is 26.0 Å². The molecule has 0 bridgehead atoms. The Morgan fingerprint density at radius 3 is 2.39 bits per heavy atom. The Hall–Kier alpha value is -3.41. The maximum atomic E-state index is 12.6. The number of nitrogens with zero attached hydrogens (tertiary/aromatic N) is 3. The Kier molecular flexibility index (Phi) is 6.22. The van der Waals surface area contributed by atoms with Gasteiger partial charge in [0.25, 0.3) is 5.91 Å². The van der Waals surface area contributed by atoms with Gasteiger partial charge in [-0.1, -0.05) is 58.8 Å². The number of aryl methyl sites for hydroxylation is 2. The molecule has 1 aromatic heterocycles. The summed E-state index contributed by atoms with van der Waals surface area (Å²) in [7, 11) is 0. The second-order valence-corrected chi connectivity index (χ2v) is 6.54. The summed E-state index contributed by atoms with van der Waals surface area (Å²) < 4.78 is 10.9. The number of hydrogen-bond acceptors (Lipinski definition) is 5. The molecule has 1 amide bonds. The summed E-state index contributed by atoms with van der Waals surface area (Å²) in [5.74, 6) is 1.32. The molecule has 144 valence electrons. The summed E-state index contributed by atoms with van der Waals surface area (Å²) in [5.41, 5.74) is 3.15. The van der Waals surface area contributed by atoms with Crippen molar-refractivity contribution in [3.05, 3.63) is 78.2 Å². The summed E-state index contributed by atoms with van der Waals surface area (Å²) in [6.45, 7) is 8.21. The molecule has 0 saturated carbocycles. The molecule has 0 unspecified atom stereocenters. The third-order valence-corrected chi connectivity index (χ3v) is 4.19. The van der Waals surface area contributed by atoms with Crippen LogP contribution in [0.25, 0.3) is 11.4 Å². The fourth-order valence-corrected chi connectivity index (χ4v) is 2.58. The van der Waals surface area contributed by atoms with E-state index in [1.807, 2.05) is 62.4 Å². The molecule has 0 spiro atoms. The summed E-state index contributed by atoms with van der Waals surface area (Å²) in [5, 5.41) is 4.01. The summed E-state index contributed by atoms with van der Waals surface area (Å²) >= 11 is 0. The normalized spacial score (nSPS) is 10.5. The van der Waals surface area contributed by atoms with E-state index in [1.54, 1.807) is 11.0 Å². The second-order valence-electron chi connectivity index (χ2n) is 6.54. The Morgan fingerprint density at radius 1 is 1.11 bits per heavy atom. The van der Waals surface area contributed by atoms with Gasteiger partial charge in [0.05, 0.1) is 0 Å². The SMILES string of the molecule is C=CCN(Cc1nc(-c2ccc(C)cc2)no1)C(=O)COc1ccc(C)cc1. The zero-order valence-corrected chi connectivity index (χ0v) is 16.1. The molecule has 0 radical (unpaired) electrons. The number of carbonyl (C=O) groups is 1.